The van der Waals surface area contributed by atoms with Crippen LogP contribution in [0.25, 0.3) is 0 Å². The van der Waals surface area contributed by atoms with Crippen LogP contribution >= 0.6 is 0 Å². The number of carbonyl (C=O) groups excluding carboxylic acids is 1. The molecule has 0 bridgehead atoms. The third-order valence-corrected chi connectivity index (χ3v) is 8.09. The smallest absolute Gasteiger partial charge is 0.137 e. The van der Waals surface area contributed by atoms with Gasteiger partial charge in [-0.3, -0.25) is 4.79 Å². The van der Waals surface area contributed by atoms with Gasteiger partial charge in [0, 0.05) is 12.3 Å². The summed E-state index contributed by atoms with van der Waals surface area (Å²) in [5.74, 6) is 2.90. The van der Waals surface area contributed by atoms with Crippen molar-refractivity contribution < 1.29 is 9.90 Å². The first-order chi connectivity index (χ1) is 9.94. The van der Waals surface area contributed by atoms with Crippen LogP contribution in [0.15, 0.2) is 0 Å². The molecule has 0 saturated heterocycles. The van der Waals surface area contributed by atoms with E-state index < -0.39 is 0 Å². The SMILES string of the molecule is CC12CCCC1C1CCC3CC(O)CCC3(C)C1C(=O)C2. The molecule has 21 heavy (non-hydrogen) atoms. The van der Waals surface area contributed by atoms with Crippen LogP contribution in [-0.2, 0) is 4.79 Å². The van der Waals surface area contributed by atoms with Gasteiger partial charge in [0.2, 0.25) is 0 Å². The quantitative estimate of drug-likeness (QED) is 0.733. The summed E-state index contributed by atoms with van der Waals surface area (Å²) in [4.78, 5) is 13.1. The number of fused-ring (bicyclic) bond motifs is 5. The summed E-state index contributed by atoms with van der Waals surface area (Å²) in [6, 6.07) is 0. The molecule has 0 aromatic heterocycles. The van der Waals surface area contributed by atoms with Crippen molar-refractivity contribution in [1.29, 1.82) is 0 Å². The van der Waals surface area contributed by atoms with E-state index in [1.807, 2.05) is 0 Å². The Hall–Kier alpha value is -0.370. The predicted octanol–water partition coefficient (Wildman–Crippen LogP) is 3.96. The van der Waals surface area contributed by atoms with Crippen molar-refractivity contribution >= 4 is 5.78 Å². The van der Waals surface area contributed by atoms with Crippen molar-refractivity contribution in [2.45, 2.75) is 77.7 Å². The molecule has 4 aliphatic carbocycles. The molecule has 4 fully saturated rings. The van der Waals surface area contributed by atoms with Gasteiger partial charge in [-0.15, -0.1) is 0 Å². The monoisotopic (exact) mass is 290 g/mol. The molecule has 0 aromatic carbocycles. The summed E-state index contributed by atoms with van der Waals surface area (Å²) >= 11 is 0. The fourth-order valence-corrected chi connectivity index (χ4v) is 7.06. The Balaban J connectivity index is 1.69. The molecule has 1 N–H and O–H groups in total. The molecule has 0 aromatic rings. The van der Waals surface area contributed by atoms with Crippen molar-refractivity contribution in [2.75, 3.05) is 0 Å². The summed E-state index contributed by atoms with van der Waals surface area (Å²) in [6.07, 6.45) is 10.1. The number of aliphatic hydroxyl groups is 1. The maximum atomic E-state index is 13.1. The minimum absolute atomic E-state index is 0.116. The Labute approximate surface area is 128 Å². The zero-order valence-corrected chi connectivity index (χ0v) is 13.6. The van der Waals surface area contributed by atoms with E-state index in [0.717, 1.165) is 31.6 Å². The fourth-order valence-electron chi connectivity index (χ4n) is 7.06. The number of hydrogen-bond donors (Lipinski definition) is 1. The predicted molar refractivity (Wildman–Crippen MR) is 82.7 cm³/mol. The van der Waals surface area contributed by atoms with Gasteiger partial charge < -0.3 is 5.11 Å². The highest BCUT2D eigenvalue weighted by Gasteiger charge is 2.60. The Kier molecular flexibility index (Phi) is 3.10. The summed E-state index contributed by atoms with van der Waals surface area (Å²) < 4.78 is 0. The van der Waals surface area contributed by atoms with E-state index in [0.29, 0.717) is 29.0 Å². The standard InChI is InChI=1S/C19H30O2/c1-18-8-3-4-15(18)14-6-5-12-10-13(20)7-9-19(12,2)17(14)16(21)11-18/h12-15,17,20H,3-11H2,1-2H3. The molecular formula is C19H30O2. The van der Waals surface area contributed by atoms with Gasteiger partial charge in [-0.1, -0.05) is 20.3 Å². The fraction of sp³-hybridized carbons (Fsp3) is 0.947. The second-order valence-corrected chi connectivity index (χ2v) is 9.15. The third kappa shape index (κ3) is 1.90. The van der Waals surface area contributed by atoms with Crippen LogP contribution in [0.2, 0.25) is 0 Å². The van der Waals surface area contributed by atoms with Crippen molar-refractivity contribution in [3.8, 4) is 0 Å². The Morgan fingerprint density at radius 2 is 1.90 bits per heavy atom. The zero-order chi connectivity index (χ0) is 14.8. The number of hydrogen-bond acceptors (Lipinski definition) is 2. The highest BCUT2D eigenvalue weighted by molar-refractivity contribution is 5.84. The molecule has 2 heteroatoms. The van der Waals surface area contributed by atoms with Crippen molar-refractivity contribution in [2.24, 2.45) is 34.5 Å². The molecule has 4 rings (SSSR count). The lowest BCUT2D eigenvalue weighted by Crippen LogP contribution is -2.56. The second-order valence-electron chi connectivity index (χ2n) is 9.15. The van der Waals surface area contributed by atoms with Crippen molar-refractivity contribution in [3.63, 3.8) is 0 Å². The van der Waals surface area contributed by atoms with E-state index in [-0.39, 0.29) is 11.5 Å². The summed E-state index contributed by atoms with van der Waals surface area (Å²) in [5, 5.41) is 10.0. The molecule has 0 aliphatic heterocycles. The van der Waals surface area contributed by atoms with Gasteiger partial charge in [-0.05, 0) is 73.5 Å². The lowest BCUT2D eigenvalue weighted by molar-refractivity contribution is -0.159. The van der Waals surface area contributed by atoms with E-state index in [2.05, 4.69) is 13.8 Å². The van der Waals surface area contributed by atoms with E-state index in [1.54, 1.807) is 0 Å². The summed E-state index contributed by atoms with van der Waals surface area (Å²) in [6.45, 7) is 4.77. The van der Waals surface area contributed by atoms with Crippen LogP contribution in [0.5, 0.6) is 0 Å². The third-order valence-electron chi connectivity index (χ3n) is 8.09. The van der Waals surface area contributed by atoms with Gasteiger partial charge in [0.05, 0.1) is 6.10 Å². The number of Topliss-reactive ketones (excluding diaryl/α,β-unsaturated/α-hetero) is 1. The minimum Gasteiger partial charge on any atom is -0.393 e. The number of rotatable bonds is 0. The maximum Gasteiger partial charge on any atom is 0.137 e. The summed E-state index contributed by atoms with van der Waals surface area (Å²) in [5.41, 5.74) is 0.499. The highest BCUT2D eigenvalue weighted by atomic mass is 16.3. The molecule has 4 saturated carbocycles. The van der Waals surface area contributed by atoms with Crippen molar-refractivity contribution in [1.82, 2.24) is 0 Å². The maximum absolute atomic E-state index is 13.1. The van der Waals surface area contributed by atoms with Crippen LogP contribution in [0.3, 0.4) is 0 Å². The minimum atomic E-state index is -0.116. The number of ketones is 1. The van der Waals surface area contributed by atoms with E-state index in [1.165, 1.54) is 32.1 Å². The molecule has 0 radical (unpaired) electrons. The Morgan fingerprint density at radius 3 is 2.71 bits per heavy atom. The second kappa shape index (κ2) is 4.57. The van der Waals surface area contributed by atoms with Gasteiger partial charge >= 0.3 is 0 Å². The van der Waals surface area contributed by atoms with Gasteiger partial charge in [0.1, 0.15) is 5.78 Å². The molecular weight excluding hydrogens is 260 g/mol. The number of aliphatic hydroxyl groups excluding tert-OH is 1. The normalized spacial score (nSPS) is 56.5. The van der Waals surface area contributed by atoms with E-state index in [9.17, 15) is 9.90 Å². The molecule has 7 unspecified atom stereocenters. The first kappa shape index (κ1) is 14.2. The first-order valence-electron chi connectivity index (χ1n) is 9.15. The van der Waals surface area contributed by atoms with Crippen LogP contribution in [0.1, 0.15) is 71.6 Å². The largest absolute Gasteiger partial charge is 0.393 e. The first-order valence-corrected chi connectivity index (χ1v) is 9.15. The molecule has 4 aliphatic rings. The number of carbonyl (C=O) groups is 1. The molecule has 0 spiro atoms. The topological polar surface area (TPSA) is 37.3 Å². The van der Waals surface area contributed by atoms with Gasteiger partial charge in [0.25, 0.3) is 0 Å². The Morgan fingerprint density at radius 1 is 1.10 bits per heavy atom. The lowest BCUT2D eigenvalue weighted by Gasteiger charge is -2.59. The average molecular weight is 290 g/mol. The molecule has 7 atom stereocenters. The molecule has 0 heterocycles. The van der Waals surface area contributed by atoms with Gasteiger partial charge in [-0.2, -0.15) is 0 Å². The lowest BCUT2D eigenvalue weighted by atomic mass is 9.45. The highest BCUT2D eigenvalue weighted by Crippen LogP contribution is 2.65. The van der Waals surface area contributed by atoms with Gasteiger partial charge in [0.15, 0.2) is 0 Å². The average Bonchev–Trinajstić information content (AvgIpc) is 2.80. The zero-order valence-electron chi connectivity index (χ0n) is 13.6. The molecule has 2 nitrogen and oxygen atoms in total. The Bertz CT molecular complexity index is 458. The van der Waals surface area contributed by atoms with Crippen LogP contribution < -0.4 is 0 Å². The van der Waals surface area contributed by atoms with Gasteiger partial charge in [-0.25, -0.2) is 0 Å². The van der Waals surface area contributed by atoms with E-state index >= 15 is 0 Å². The van der Waals surface area contributed by atoms with Crippen molar-refractivity contribution in [3.05, 3.63) is 0 Å². The molecule has 118 valence electrons. The van der Waals surface area contributed by atoms with E-state index in [4.69, 9.17) is 0 Å². The van der Waals surface area contributed by atoms with Crippen LogP contribution in [0.4, 0.5) is 0 Å². The van der Waals surface area contributed by atoms with Crippen LogP contribution in [-0.4, -0.2) is 17.0 Å². The molecule has 0 amide bonds. The van der Waals surface area contributed by atoms with Crippen LogP contribution in [0, 0.1) is 34.5 Å². The summed E-state index contributed by atoms with van der Waals surface area (Å²) in [7, 11) is 0.